The van der Waals surface area contributed by atoms with Gasteiger partial charge in [0.1, 0.15) is 22.9 Å². The molecule has 1 unspecified atom stereocenters. The Labute approximate surface area is 165 Å². The van der Waals surface area contributed by atoms with Crippen molar-refractivity contribution in [1.82, 2.24) is 0 Å². The van der Waals surface area contributed by atoms with Gasteiger partial charge >= 0.3 is 6.18 Å². The Bertz CT molecular complexity index is 676. The summed E-state index contributed by atoms with van der Waals surface area (Å²) in [5.74, 6) is -1.25. The first-order chi connectivity index (χ1) is 10.6. The topological polar surface area (TPSA) is 72.8 Å². The molecule has 1 N–H and O–H groups in total. The highest BCUT2D eigenvalue weighted by Gasteiger charge is 2.44. The molecule has 11 heteroatoms. The lowest BCUT2D eigenvalue weighted by molar-refractivity contribution is -0.188. The minimum absolute atomic E-state index is 0.170. The van der Waals surface area contributed by atoms with Crippen molar-refractivity contribution in [2.45, 2.75) is 38.7 Å². The fourth-order valence-electron chi connectivity index (χ4n) is 1.56. The third kappa shape index (κ3) is 7.47. The van der Waals surface area contributed by atoms with E-state index in [-0.39, 0.29) is 5.75 Å². The van der Waals surface area contributed by atoms with E-state index in [2.05, 4.69) is 0 Å². The Morgan fingerprint density at radius 2 is 1.62 bits per heavy atom. The van der Waals surface area contributed by atoms with Crippen LogP contribution in [0.5, 0.6) is 11.5 Å². The number of hydrogen-bond donors (Lipinski definition) is 1. The molecule has 0 aliphatic heterocycles. The number of ether oxygens (including phenoxy) is 2. The highest BCUT2D eigenvalue weighted by atomic mass is 127. The first-order valence-corrected chi connectivity index (χ1v) is 10.2. The van der Waals surface area contributed by atoms with Crippen LogP contribution in [-0.2, 0) is 10.1 Å². The van der Waals surface area contributed by atoms with Crippen molar-refractivity contribution in [2.75, 3.05) is 5.75 Å². The van der Waals surface area contributed by atoms with Gasteiger partial charge in [0.2, 0.25) is 6.10 Å². The predicted octanol–water partition coefficient (Wildman–Crippen LogP) is 4.27. The molecule has 0 saturated carbocycles. The van der Waals surface area contributed by atoms with Gasteiger partial charge in [0.05, 0.1) is 7.14 Å². The van der Waals surface area contributed by atoms with E-state index in [0.29, 0.717) is 12.9 Å². The van der Waals surface area contributed by atoms with Crippen LogP contribution in [0, 0.1) is 7.14 Å². The van der Waals surface area contributed by atoms with Gasteiger partial charge < -0.3 is 9.47 Å². The van der Waals surface area contributed by atoms with Crippen LogP contribution in [0.1, 0.15) is 20.8 Å². The van der Waals surface area contributed by atoms with Crippen LogP contribution in [0.15, 0.2) is 12.1 Å². The highest BCUT2D eigenvalue weighted by molar-refractivity contribution is 14.1. The maximum atomic E-state index is 12.9. The van der Waals surface area contributed by atoms with Crippen LogP contribution >= 0.6 is 45.2 Å². The van der Waals surface area contributed by atoms with Crippen molar-refractivity contribution >= 4 is 55.3 Å². The van der Waals surface area contributed by atoms with Crippen LogP contribution < -0.4 is 9.47 Å². The first-order valence-electron chi connectivity index (χ1n) is 6.45. The van der Waals surface area contributed by atoms with Crippen molar-refractivity contribution in [2.24, 2.45) is 0 Å². The Balaban J connectivity index is 3.14. The molecule has 0 fully saturated rings. The maximum Gasteiger partial charge on any atom is 0.426 e. The quantitative estimate of drug-likeness (QED) is 0.408. The van der Waals surface area contributed by atoms with Gasteiger partial charge in [-0.25, -0.2) is 0 Å². The van der Waals surface area contributed by atoms with E-state index in [0.717, 1.165) is 0 Å². The van der Waals surface area contributed by atoms with Crippen LogP contribution in [0.3, 0.4) is 0 Å². The Morgan fingerprint density at radius 1 is 1.17 bits per heavy atom. The highest BCUT2D eigenvalue weighted by Crippen LogP contribution is 2.35. The molecule has 1 atom stereocenters. The zero-order chi connectivity index (χ0) is 18.9. The largest absolute Gasteiger partial charge is 0.486 e. The number of halogens is 5. The molecule has 1 aromatic rings. The monoisotopic (exact) mass is 594 g/mol. The molecule has 0 aromatic heterocycles. The van der Waals surface area contributed by atoms with Gasteiger partial charge in [0.25, 0.3) is 10.1 Å². The molecule has 0 aliphatic rings. The lowest BCUT2D eigenvalue weighted by Gasteiger charge is -2.25. The molecular formula is C13H15F3I2O5S. The summed E-state index contributed by atoms with van der Waals surface area (Å²) in [7, 11) is -4.85. The third-order valence-electron chi connectivity index (χ3n) is 2.39. The van der Waals surface area contributed by atoms with Gasteiger partial charge in [-0.1, -0.05) is 0 Å². The van der Waals surface area contributed by atoms with Crippen molar-refractivity contribution in [1.29, 1.82) is 0 Å². The van der Waals surface area contributed by atoms with Crippen LogP contribution in [0.4, 0.5) is 13.2 Å². The molecule has 24 heavy (non-hydrogen) atoms. The molecule has 0 saturated heterocycles. The number of rotatable bonds is 5. The predicted molar refractivity (Wildman–Crippen MR) is 99.1 cm³/mol. The average molecular weight is 594 g/mol. The molecule has 138 valence electrons. The maximum absolute atomic E-state index is 12.9. The minimum Gasteiger partial charge on any atom is -0.486 e. The molecule has 0 heterocycles. The van der Waals surface area contributed by atoms with Crippen LogP contribution in [-0.4, -0.2) is 36.6 Å². The summed E-state index contributed by atoms with van der Waals surface area (Å²) in [6, 6.07) is 2.62. The standard InChI is InChI=1S/C13H15F3I2O5S/c1-12(2,3)23-11-8(17)4-7(5-9(11)18)22-10(13(14,15)16)6-24(19,20)21/h4-5,10H,6H2,1-3H3,(H,19,20,21). The van der Waals surface area contributed by atoms with Gasteiger partial charge in [0, 0.05) is 0 Å². The molecule has 0 amide bonds. The molecule has 1 rings (SSSR count). The second kappa shape index (κ2) is 7.70. The van der Waals surface area contributed by atoms with E-state index in [9.17, 15) is 21.6 Å². The summed E-state index contributed by atoms with van der Waals surface area (Å²) in [6.07, 6.45) is -7.62. The summed E-state index contributed by atoms with van der Waals surface area (Å²) in [4.78, 5) is 0. The summed E-state index contributed by atoms with van der Waals surface area (Å²) in [5.41, 5.74) is -0.498. The average Bonchev–Trinajstić information content (AvgIpc) is 2.29. The van der Waals surface area contributed by atoms with Crippen molar-refractivity contribution < 1.29 is 35.6 Å². The van der Waals surface area contributed by atoms with Crippen molar-refractivity contribution in [3.8, 4) is 11.5 Å². The third-order valence-corrected chi connectivity index (χ3v) is 4.71. The van der Waals surface area contributed by atoms with E-state index in [1.807, 2.05) is 66.0 Å². The Hall–Kier alpha value is -0.0200. The lowest BCUT2D eigenvalue weighted by atomic mass is 10.2. The molecular weight excluding hydrogens is 579 g/mol. The van der Waals surface area contributed by atoms with E-state index < -0.39 is 33.8 Å². The number of hydrogen-bond acceptors (Lipinski definition) is 4. The molecule has 0 spiro atoms. The summed E-state index contributed by atoms with van der Waals surface area (Å²) < 4.78 is 80.5. The molecule has 0 aliphatic carbocycles. The molecule has 0 radical (unpaired) electrons. The Morgan fingerprint density at radius 3 is 1.96 bits per heavy atom. The molecule has 5 nitrogen and oxygen atoms in total. The van der Waals surface area contributed by atoms with Gasteiger partial charge in [-0.3, -0.25) is 4.55 Å². The van der Waals surface area contributed by atoms with Gasteiger partial charge in [-0.2, -0.15) is 21.6 Å². The van der Waals surface area contributed by atoms with Gasteiger partial charge in [-0.15, -0.1) is 0 Å². The minimum atomic E-state index is -4.95. The lowest BCUT2D eigenvalue weighted by Crippen LogP contribution is -2.40. The molecule has 1 aromatic carbocycles. The normalized spacial score (nSPS) is 14.4. The fraction of sp³-hybridized carbons (Fsp3) is 0.538. The van der Waals surface area contributed by atoms with E-state index in [1.54, 1.807) is 0 Å². The second-order valence-electron chi connectivity index (χ2n) is 5.83. The van der Waals surface area contributed by atoms with Crippen LogP contribution in [0.2, 0.25) is 0 Å². The van der Waals surface area contributed by atoms with Crippen molar-refractivity contribution in [3.63, 3.8) is 0 Å². The summed E-state index contributed by atoms with van der Waals surface area (Å²) in [6.45, 7) is 5.49. The van der Waals surface area contributed by atoms with Crippen molar-refractivity contribution in [3.05, 3.63) is 19.3 Å². The summed E-state index contributed by atoms with van der Waals surface area (Å²) in [5, 5.41) is 0. The van der Waals surface area contributed by atoms with E-state index in [4.69, 9.17) is 14.0 Å². The fourth-order valence-corrected chi connectivity index (χ4v) is 4.13. The number of benzene rings is 1. The van der Waals surface area contributed by atoms with Gasteiger partial charge in [0.15, 0.2) is 0 Å². The zero-order valence-electron chi connectivity index (χ0n) is 12.8. The first kappa shape index (κ1) is 22.0. The smallest absolute Gasteiger partial charge is 0.426 e. The summed E-state index contributed by atoms with van der Waals surface area (Å²) >= 11 is 3.78. The number of alkyl halides is 3. The second-order valence-corrected chi connectivity index (χ2v) is 9.65. The Kier molecular flexibility index (Phi) is 7.06. The van der Waals surface area contributed by atoms with Gasteiger partial charge in [-0.05, 0) is 78.1 Å². The van der Waals surface area contributed by atoms with Crippen LogP contribution in [0.25, 0.3) is 0 Å². The zero-order valence-corrected chi connectivity index (χ0v) is 17.9. The molecule has 0 bridgehead atoms. The van der Waals surface area contributed by atoms with E-state index >= 15 is 0 Å². The van der Waals surface area contributed by atoms with E-state index in [1.165, 1.54) is 12.1 Å². The SMILES string of the molecule is CC(C)(C)Oc1c(I)cc(OC(CS(=O)(=O)O)C(F)(F)F)cc1I.